The van der Waals surface area contributed by atoms with Crippen molar-refractivity contribution in [2.75, 3.05) is 68.6 Å². The fraction of sp³-hybridized carbons (Fsp3) is 0.412. The van der Waals surface area contributed by atoms with Crippen molar-refractivity contribution >= 4 is 35.1 Å². The van der Waals surface area contributed by atoms with Crippen LogP contribution in [0.15, 0.2) is 60.8 Å². The minimum Gasteiger partial charge on any atom is -0.486 e. The van der Waals surface area contributed by atoms with Crippen LogP contribution in [0.4, 0.5) is 26.7 Å². The van der Waals surface area contributed by atoms with Crippen molar-refractivity contribution in [3.05, 3.63) is 72.1 Å². The van der Waals surface area contributed by atoms with Crippen molar-refractivity contribution in [1.82, 2.24) is 14.8 Å². The van der Waals surface area contributed by atoms with Crippen LogP contribution in [0.25, 0.3) is 0 Å². The maximum atomic E-state index is 13.5. The number of fused-ring (bicyclic) bond motifs is 1. The van der Waals surface area contributed by atoms with Gasteiger partial charge in [0.25, 0.3) is 5.91 Å². The van der Waals surface area contributed by atoms with Gasteiger partial charge in [0.2, 0.25) is 0 Å². The van der Waals surface area contributed by atoms with Crippen LogP contribution in [0.3, 0.4) is 0 Å². The van der Waals surface area contributed by atoms with Gasteiger partial charge < -0.3 is 34.5 Å². The van der Waals surface area contributed by atoms with E-state index in [0.29, 0.717) is 61.5 Å². The molecule has 0 bridgehead atoms. The molecule has 4 amide bonds. The zero-order chi connectivity index (χ0) is 33.2. The topological polar surface area (TPSA) is 144 Å². The number of carbonyl (C=O) groups is 3. The standard InChI is InChI=1S/C34H42N6O7/c1-34(2,3)47-33(43)38-27-8-5-4-7-26(27)37-31(41)28-11-9-24(22-35-28)23-40(14-6-13-39-15-17-44-18-16-39)32(42)36-25-10-12-29-30(21-25)46-20-19-45-29/h4-5,7-12,21-22H,6,13-20,23H2,1-3H3,(H,36,42)(H,37,41)(H,38,43). The fourth-order valence-corrected chi connectivity index (χ4v) is 5.06. The molecule has 3 aromatic rings. The van der Waals surface area contributed by atoms with Gasteiger partial charge in [-0.1, -0.05) is 18.2 Å². The summed E-state index contributed by atoms with van der Waals surface area (Å²) >= 11 is 0. The summed E-state index contributed by atoms with van der Waals surface area (Å²) in [7, 11) is 0. The molecule has 13 nitrogen and oxygen atoms in total. The molecule has 3 heterocycles. The Morgan fingerprint density at radius 1 is 0.894 bits per heavy atom. The lowest BCUT2D eigenvalue weighted by Crippen LogP contribution is -2.40. The van der Waals surface area contributed by atoms with E-state index in [1.807, 2.05) is 0 Å². The van der Waals surface area contributed by atoms with Gasteiger partial charge in [0.15, 0.2) is 11.5 Å². The quantitative estimate of drug-likeness (QED) is 0.271. The van der Waals surface area contributed by atoms with Gasteiger partial charge in [-0.15, -0.1) is 0 Å². The van der Waals surface area contributed by atoms with E-state index in [1.54, 1.807) is 86.5 Å². The first-order chi connectivity index (χ1) is 22.6. The highest BCUT2D eigenvalue weighted by Gasteiger charge is 2.20. The SMILES string of the molecule is CC(C)(C)OC(=O)Nc1ccccc1NC(=O)c1ccc(CN(CCCN2CCOCC2)C(=O)Nc2ccc3c(c2)OCCO3)cn1. The predicted octanol–water partition coefficient (Wildman–Crippen LogP) is 5.21. The molecule has 1 fully saturated rings. The average molecular weight is 647 g/mol. The Balaban J connectivity index is 1.23. The maximum absolute atomic E-state index is 13.5. The summed E-state index contributed by atoms with van der Waals surface area (Å²) in [5.41, 5.74) is 1.67. The number of para-hydroxylation sites is 2. The minimum atomic E-state index is -0.668. The van der Waals surface area contributed by atoms with Crippen molar-refractivity contribution in [2.45, 2.75) is 39.3 Å². The van der Waals surface area contributed by atoms with Gasteiger partial charge in [-0.25, -0.2) is 9.59 Å². The molecular weight excluding hydrogens is 604 g/mol. The number of aromatic nitrogens is 1. The molecule has 250 valence electrons. The Bertz CT molecular complexity index is 1540. The molecular formula is C34H42N6O7. The molecule has 2 aliphatic rings. The molecule has 1 aromatic heterocycles. The number of ether oxygens (including phenoxy) is 4. The van der Waals surface area contributed by atoms with Crippen molar-refractivity contribution in [1.29, 1.82) is 0 Å². The minimum absolute atomic E-state index is 0.181. The lowest BCUT2D eigenvalue weighted by Gasteiger charge is -2.28. The number of amides is 4. The summed E-state index contributed by atoms with van der Waals surface area (Å²) in [6.45, 7) is 11.1. The van der Waals surface area contributed by atoms with Gasteiger partial charge in [-0.2, -0.15) is 0 Å². The van der Waals surface area contributed by atoms with E-state index in [9.17, 15) is 14.4 Å². The van der Waals surface area contributed by atoms with Gasteiger partial charge in [-0.3, -0.25) is 20.0 Å². The van der Waals surface area contributed by atoms with Crippen molar-refractivity contribution in [3.8, 4) is 11.5 Å². The molecule has 2 aliphatic heterocycles. The summed E-state index contributed by atoms with van der Waals surface area (Å²) in [4.78, 5) is 47.4. The van der Waals surface area contributed by atoms with E-state index in [1.165, 1.54) is 0 Å². The molecule has 0 unspecified atom stereocenters. The highest BCUT2D eigenvalue weighted by Crippen LogP contribution is 2.32. The second-order valence-electron chi connectivity index (χ2n) is 12.2. The number of anilines is 3. The van der Waals surface area contributed by atoms with E-state index in [-0.39, 0.29) is 18.3 Å². The van der Waals surface area contributed by atoms with Gasteiger partial charge in [0.1, 0.15) is 24.5 Å². The van der Waals surface area contributed by atoms with E-state index < -0.39 is 17.6 Å². The van der Waals surface area contributed by atoms with Crippen LogP contribution >= 0.6 is 0 Å². The smallest absolute Gasteiger partial charge is 0.412 e. The second kappa shape index (κ2) is 15.6. The third-order valence-corrected chi connectivity index (χ3v) is 7.33. The van der Waals surface area contributed by atoms with Crippen LogP contribution in [0, 0.1) is 0 Å². The number of hydrogen-bond donors (Lipinski definition) is 3. The monoisotopic (exact) mass is 646 g/mol. The van der Waals surface area contributed by atoms with Gasteiger partial charge in [-0.05, 0) is 63.1 Å². The second-order valence-corrected chi connectivity index (χ2v) is 12.2. The van der Waals surface area contributed by atoms with Crippen LogP contribution in [0.1, 0.15) is 43.2 Å². The van der Waals surface area contributed by atoms with Crippen molar-refractivity contribution in [2.24, 2.45) is 0 Å². The molecule has 3 N–H and O–H groups in total. The molecule has 1 saturated heterocycles. The molecule has 0 aliphatic carbocycles. The zero-order valence-electron chi connectivity index (χ0n) is 27.0. The molecule has 5 rings (SSSR count). The number of nitrogens with zero attached hydrogens (tertiary/aromatic N) is 3. The fourth-order valence-electron chi connectivity index (χ4n) is 5.06. The Kier molecular flexibility index (Phi) is 11.1. The molecule has 47 heavy (non-hydrogen) atoms. The van der Waals surface area contributed by atoms with Crippen molar-refractivity contribution in [3.63, 3.8) is 0 Å². The van der Waals surface area contributed by atoms with Gasteiger partial charge >= 0.3 is 12.1 Å². The lowest BCUT2D eigenvalue weighted by molar-refractivity contribution is 0.0365. The molecule has 0 saturated carbocycles. The van der Waals surface area contributed by atoms with Gasteiger partial charge in [0.05, 0.1) is 24.6 Å². The Labute approximate surface area is 274 Å². The van der Waals surface area contributed by atoms with E-state index in [2.05, 4.69) is 25.8 Å². The molecule has 0 atom stereocenters. The largest absolute Gasteiger partial charge is 0.486 e. The first-order valence-electron chi connectivity index (χ1n) is 15.7. The van der Waals surface area contributed by atoms with E-state index in [0.717, 1.165) is 31.6 Å². The van der Waals surface area contributed by atoms with Crippen LogP contribution in [-0.2, 0) is 16.0 Å². The first-order valence-corrected chi connectivity index (χ1v) is 15.7. The number of rotatable bonds is 10. The van der Waals surface area contributed by atoms with Crippen molar-refractivity contribution < 1.29 is 33.3 Å². The summed E-state index contributed by atoms with van der Waals surface area (Å²) in [6.07, 6.45) is 1.74. The third kappa shape index (κ3) is 10.1. The number of nitrogens with one attached hydrogen (secondary N) is 3. The summed E-state index contributed by atoms with van der Waals surface area (Å²) < 4.78 is 22.1. The summed E-state index contributed by atoms with van der Waals surface area (Å²) in [5.74, 6) is 0.789. The Hall–Kier alpha value is -4.88. The van der Waals surface area contributed by atoms with Crippen LogP contribution < -0.4 is 25.4 Å². The average Bonchev–Trinajstić information content (AvgIpc) is 3.05. The van der Waals surface area contributed by atoms with Crippen LogP contribution in [0.5, 0.6) is 11.5 Å². The molecule has 13 heteroatoms. The number of pyridine rings is 1. The number of morpholine rings is 1. The molecule has 2 aromatic carbocycles. The Morgan fingerprint density at radius 3 is 2.32 bits per heavy atom. The highest BCUT2D eigenvalue weighted by molar-refractivity contribution is 6.05. The number of benzene rings is 2. The normalized spacial score (nSPS) is 14.5. The predicted molar refractivity (Wildman–Crippen MR) is 177 cm³/mol. The summed E-state index contributed by atoms with van der Waals surface area (Å²) in [5, 5.41) is 8.46. The summed E-state index contributed by atoms with van der Waals surface area (Å²) in [6, 6.07) is 15.3. The first kappa shape index (κ1) is 33.5. The number of carbonyl (C=O) groups excluding carboxylic acids is 3. The highest BCUT2D eigenvalue weighted by atomic mass is 16.6. The zero-order valence-corrected chi connectivity index (χ0v) is 27.0. The van der Waals surface area contributed by atoms with E-state index >= 15 is 0 Å². The number of hydrogen-bond acceptors (Lipinski definition) is 9. The van der Waals surface area contributed by atoms with Gasteiger partial charge in [0, 0.05) is 50.7 Å². The Morgan fingerprint density at radius 2 is 1.62 bits per heavy atom. The van der Waals surface area contributed by atoms with Crippen LogP contribution in [-0.4, -0.2) is 91.0 Å². The lowest BCUT2D eigenvalue weighted by atomic mass is 10.2. The third-order valence-electron chi connectivity index (χ3n) is 7.33. The molecule has 0 radical (unpaired) electrons. The van der Waals surface area contributed by atoms with E-state index in [4.69, 9.17) is 18.9 Å². The maximum Gasteiger partial charge on any atom is 0.412 e. The van der Waals surface area contributed by atoms with Crippen LogP contribution in [0.2, 0.25) is 0 Å². The number of urea groups is 1. The molecule has 0 spiro atoms.